The van der Waals surface area contributed by atoms with Crippen molar-refractivity contribution >= 4 is 17.2 Å². The van der Waals surface area contributed by atoms with Crippen LogP contribution < -0.4 is 5.32 Å². The van der Waals surface area contributed by atoms with E-state index in [1.54, 1.807) is 11.3 Å². The summed E-state index contributed by atoms with van der Waals surface area (Å²) in [6.45, 7) is 0.632. The van der Waals surface area contributed by atoms with Gasteiger partial charge in [0.2, 0.25) is 0 Å². The van der Waals surface area contributed by atoms with Gasteiger partial charge < -0.3 is 10.4 Å². The Kier molecular flexibility index (Phi) is 5.99. The highest BCUT2D eigenvalue weighted by atomic mass is 32.1. The molecule has 1 heterocycles. The maximum Gasteiger partial charge on any atom is 0.270 e. The van der Waals surface area contributed by atoms with Crippen LogP contribution in [0.4, 0.5) is 0 Å². The van der Waals surface area contributed by atoms with Crippen molar-refractivity contribution in [1.29, 1.82) is 0 Å². The average molecular weight is 344 g/mol. The smallest absolute Gasteiger partial charge is 0.270 e. The molecule has 2 aromatic rings. The number of aliphatic hydroxyl groups is 1. The first kappa shape index (κ1) is 17.1. The quantitative estimate of drug-likeness (QED) is 0.846. The molecule has 5 heteroatoms. The van der Waals surface area contributed by atoms with Gasteiger partial charge in [-0.05, 0) is 37.2 Å². The summed E-state index contributed by atoms with van der Waals surface area (Å²) in [4.78, 5) is 16.7. The van der Waals surface area contributed by atoms with Crippen molar-refractivity contribution in [2.75, 3.05) is 6.54 Å². The Morgan fingerprint density at radius 1 is 1.25 bits per heavy atom. The summed E-state index contributed by atoms with van der Waals surface area (Å²) >= 11 is 1.55. The lowest BCUT2D eigenvalue weighted by molar-refractivity contribution is 0.0870. The van der Waals surface area contributed by atoms with Gasteiger partial charge >= 0.3 is 0 Å². The topological polar surface area (TPSA) is 62.2 Å². The van der Waals surface area contributed by atoms with Crippen LogP contribution in [-0.2, 0) is 12.8 Å². The molecule has 24 heavy (non-hydrogen) atoms. The zero-order valence-corrected chi connectivity index (χ0v) is 14.6. The number of carbonyl (C=O) groups excluding carboxylic acids is 1. The third-order valence-electron chi connectivity index (χ3n) is 4.56. The van der Waals surface area contributed by atoms with E-state index < -0.39 is 0 Å². The van der Waals surface area contributed by atoms with Crippen LogP contribution in [-0.4, -0.2) is 28.6 Å². The average Bonchev–Trinajstić information content (AvgIpc) is 3.08. The maximum absolute atomic E-state index is 12.2. The van der Waals surface area contributed by atoms with Gasteiger partial charge in [-0.25, -0.2) is 4.98 Å². The minimum absolute atomic E-state index is 0.0997. The zero-order chi connectivity index (χ0) is 16.8. The van der Waals surface area contributed by atoms with Gasteiger partial charge in [-0.2, -0.15) is 0 Å². The van der Waals surface area contributed by atoms with E-state index >= 15 is 0 Å². The Hall–Kier alpha value is -1.72. The molecule has 1 aliphatic rings. The number of hydrogen-bond donors (Lipinski definition) is 2. The molecule has 128 valence electrons. The molecule has 0 radical (unpaired) electrons. The Morgan fingerprint density at radius 2 is 2.08 bits per heavy atom. The highest BCUT2D eigenvalue weighted by Gasteiger charge is 2.21. The van der Waals surface area contributed by atoms with Gasteiger partial charge in [0, 0.05) is 18.3 Å². The highest BCUT2D eigenvalue weighted by molar-refractivity contribution is 7.09. The Morgan fingerprint density at radius 3 is 2.88 bits per heavy atom. The number of hydrogen-bond acceptors (Lipinski definition) is 4. The molecule has 0 saturated heterocycles. The molecular formula is C19H24N2O2S. The van der Waals surface area contributed by atoms with Crippen LogP contribution in [0.3, 0.4) is 0 Å². The molecule has 4 nitrogen and oxygen atoms in total. The van der Waals surface area contributed by atoms with Gasteiger partial charge in [-0.1, -0.05) is 36.8 Å². The first-order valence-corrected chi connectivity index (χ1v) is 9.53. The molecule has 2 unspecified atom stereocenters. The van der Waals surface area contributed by atoms with E-state index in [1.165, 1.54) is 5.56 Å². The normalized spacial score (nSPS) is 20.7. The molecule has 1 saturated carbocycles. The number of thiazole rings is 1. The van der Waals surface area contributed by atoms with E-state index in [0.717, 1.165) is 43.5 Å². The third-order valence-corrected chi connectivity index (χ3v) is 5.47. The van der Waals surface area contributed by atoms with E-state index in [9.17, 15) is 9.90 Å². The molecule has 0 spiro atoms. The first-order chi connectivity index (χ1) is 11.7. The second-order valence-corrected chi connectivity index (χ2v) is 7.45. The van der Waals surface area contributed by atoms with Crippen LogP contribution in [0.15, 0.2) is 35.7 Å². The number of aromatic nitrogens is 1. The summed E-state index contributed by atoms with van der Waals surface area (Å²) in [5.41, 5.74) is 1.80. The molecule has 1 fully saturated rings. The van der Waals surface area contributed by atoms with E-state index in [2.05, 4.69) is 22.4 Å². The van der Waals surface area contributed by atoms with Crippen molar-refractivity contribution in [3.05, 3.63) is 52.0 Å². The Bertz CT molecular complexity index is 656. The van der Waals surface area contributed by atoms with E-state index in [-0.39, 0.29) is 12.0 Å². The van der Waals surface area contributed by atoms with Gasteiger partial charge in [0.15, 0.2) is 0 Å². The van der Waals surface area contributed by atoms with E-state index in [4.69, 9.17) is 0 Å². The number of nitrogens with zero attached hydrogens (tertiary/aromatic N) is 1. The summed E-state index contributed by atoms with van der Waals surface area (Å²) in [6.07, 6.45) is 5.40. The van der Waals surface area contributed by atoms with Crippen molar-refractivity contribution in [3.8, 4) is 0 Å². The van der Waals surface area contributed by atoms with Crippen molar-refractivity contribution in [3.63, 3.8) is 0 Å². The third kappa shape index (κ3) is 4.89. The summed E-state index contributed by atoms with van der Waals surface area (Å²) in [7, 11) is 0. The van der Waals surface area contributed by atoms with Crippen LogP contribution in [0, 0.1) is 5.92 Å². The number of nitrogens with one attached hydrogen (secondary N) is 1. The number of carbonyl (C=O) groups is 1. The fourth-order valence-corrected chi connectivity index (χ4v) is 3.98. The molecule has 0 bridgehead atoms. The molecule has 0 aliphatic heterocycles. The minimum Gasteiger partial charge on any atom is -0.393 e. The summed E-state index contributed by atoms with van der Waals surface area (Å²) in [5.74, 6) is 0.283. The van der Waals surface area contributed by atoms with Gasteiger partial charge in [0.05, 0.1) is 11.1 Å². The predicted octanol–water partition coefficient (Wildman–Crippen LogP) is 3.21. The second-order valence-electron chi connectivity index (χ2n) is 6.51. The SMILES string of the molecule is O=C(NCC1CCCC(O)C1)c1csc(CCc2ccccc2)n1. The highest BCUT2D eigenvalue weighted by Crippen LogP contribution is 2.23. The Labute approximate surface area is 146 Å². The lowest BCUT2D eigenvalue weighted by Gasteiger charge is -2.25. The van der Waals surface area contributed by atoms with Crippen LogP contribution in [0.5, 0.6) is 0 Å². The number of rotatable bonds is 6. The molecule has 2 N–H and O–H groups in total. The summed E-state index contributed by atoms with van der Waals surface area (Å²) < 4.78 is 0. The standard InChI is InChI=1S/C19H24N2O2S/c22-16-8-4-7-15(11-16)12-20-19(23)17-13-24-18(21-17)10-9-14-5-2-1-3-6-14/h1-3,5-6,13,15-16,22H,4,7-12H2,(H,20,23). The van der Waals surface area contributed by atoms with Crippen molar-refractivity contribution in [2.45, 2.75) is 44.6 Å². The largest absolute Gasteiger partial charge is 0.393 e. The van der Waals surface area contributed by atoms with Gasteiger partial charge in [0.1, 0.15) is 5.69 Å². The summed E-state index contributed by atoms with van der Waals surface area (Å²) in [5, 5.41) is 15.5. The fraction of sp³-hybridized carbons (Fsp3) is 0.474. The van der Waals surface area contributed by atoms with E-state index in [0.29, 0.717) is 18.2 Å². The van der Waals surface area contributed by atoms with Crippen LogP contribution in [0.25, 0.3) is 0 Å². The van der Waals surface area contributed by atoms with Gasteiger partial charge in [0.25, 0.3) is 5.91 Å². The van der Waals surface area contributed by atoms with Crippen molar-refractivity contribution in [2.24, 2.45) is 5.92 Å². The molecule has 1 aromatic heterocycles. The van der Waals surface area contributed by atoms with Crippen LogP contribution in [0.1, 0.15) is 46.7 Å². The number of aryl methyl sites for hydroxylation is 2. The summed E-state index contributed by atoms with van der Waals surface area (Å²) in [6, 6.07) is 10.3. The monoisotopic (exact) mass is 344 g/mol. The molecule has 3 rings (SSSR count). The Balaban J connectivity index is 1.46. The number of benzene rings is 1. The lowest BCUT2D eigenvalue weighted by atomic mass is 9.87. The predicted molar refractivity (Wildman–Crippen MR) is 96.3 cm³/mol. The van der Waals surface area contributed by atoms with Crippen LogP contribution >= 0.6 is 11.3 Å². The number of amides is 1. The van der Waals surface area contributed by atoms with Gasteiger partial charge in [-0.3, -0.25) is 4.79 Å². The molecular weight excluding hydrogens is 320 g/mol. The zero-order valence-electron chi connectivity index (χ0n) is 13.8. The minimum atomic E-state index is -0.204. The van der Waals surface area contributed by atoms with Crippen molar-refractivity contribution < 1.29 is 9.90 Å². The lowest BCUT2D eigenvalue weighted by Crippen LogP contribution is -2.33. The van der Waals surface area contributed by atoms with Gasteiger partial charge in [-0.15, -0.1) is 11.3 Å². The van der Waals surface area contributed by atoms with Crippen LogP contribution in [0.2, 0.25) is 0 Å². The molecule has 2 atom stereocenters. The number of aliphatic hydroxyl groups excluding tert-OH is 1. The second kappa shape index (κ2) is 8.40. The molecule has 1 aromatic carbocycles. The molecule has 1 aliphatic carbocycles. The molecule has 1 amide bonds. The fourth-order valence-electron chi connectivity index (χ4n) is 3.20. The van der Waals surface area contributed by atoms with E-state index in [1.807, 2.05) is 23.6 Å². The van der Waals surface area contributed by atoms with Crippen molar-refractivity contribution in [1.82, 2.24) is 10.3 Å². The maximum atomic E-state index is 12.2. The first-order valence-electron chi connectivity index (χ1n) is 8.65.